The fourth-order valence-corrected chi connectivity index (χ4v) is 1.95. The van der Waals surface area contributed by atoms with Crippen LogP contribution in [0.25, 0.3) is 0 Å². The van der Waals surface area contributed by atoms with Gasteiger partial charge in [0.2, 0.25) is 0 Å². The molecule has 0 fully saturated rings. The number of hydrogen-bond donors (Lipinski definition) is 1. The predicted molar refractivity (Wildman–Crippen MR) is 82.8 cm³/mol. The molecule has 1 amide bonds. The van der Waals surface area contributed by atoms with Crippen molar-refractivity contribution < 1.29 is 9.18 Å². The fourth-order valence-electron chi connectivity index (χ4n) is 1.70. The van der Waals surface area contributed by atoms with Crippen LogP contribution in [0.1, 0.15) is 10.4 Å². The van der Waals surface area contributed by atoms with Crippen molar-refractivity contribution in [1.82, 2.24) is 0 Å². The van der Waals surface area contributed by atoms with Crippen molar-refractivity contribution in [2.75, 3.05) is 24.3 Å². The highest BCUT2D eigenvalue weighted by Crippen LogP contribution is 2.20. The van der Waals surface area contributed by atoms with E-state index in [-0.39, 0.29) is 11.5 Å². The number of halogens is 2. The van der Waals surface area contributed by atoms with E-state index in [4.69, 9.17) is 0 Å². The summed E-state index contributed by atoms with van der Waals surface area (Å²) < 4.78 is 13.8. The number of nitrogens with zero attached hydrogens (tertiary/aromatic N) is 1. The van der Waals surface area contributed by atoms with E-state index in [9.17, 15) is 9.18 Å². The van der Waals surface area contributed by atoms with Gasteiger partial charge in [-0.05, 0) is 52.3 Å². The fraction of sp³-hybridized carbons (Fsp3) is 0.133. The van der Waals surface area contributed by atoms with Gasteiger partial charge >= 0.3 is 0 Å². The molecule has 0 unspecified atom stereocenters. The lowest BCUT2D eigenvalue weighted by atomic mass is 10.2. The number of anilines is 2. The standard InChI is InChI=1S/C15H14BrFN2O/c1-19(2)12-5-3-4-11(9-12)18-15(20)10-6-7-13(16)14(17)8-10/h3-9H,1-2H3,(H,18,20). The monoisotopic (exact) mass is 336 g/mol. The third kappa shape index (κ3) is 3.36. The summed E-state index contributed by atoms with van der Waals surface area (Å²) in [5.74, 6) is -0.799. The van der Waals surface area contributed by atoms with E-state index in [1.165, 1.54) is 12.1 Å². The van der Waals surface area contributed by atoms with Gasteiger partial charge in [-0.3, -0.25) is 4.79 Å². The topological polar surface area (TPSA) is 32.3 Å². The molecular weight excluding hydrogens is 323 g/mol. The van der Waals surface area contributed by atoms with Crippen molar-refractivity contribution in [2.45, 2.75) is 0 Å². The van der Waals surface area contributed by atoms with Crippen LogP contribution < -0.4 is 10.2 Å². The van der Waals surface area contributed by atoms with Crippen LogP contribution in [0.2, 0.25) is 0 Å². The van der Waals surface area contributed by atoms with E-state index in [1.807, 2.05) is 37.2 Å². The lowest BCUT2D eigenvalue weighted by Crippen LogP contribution is -2.13. The van der Waals surface area contributed by atoms with Crippen molar-refractivity contribution in [2.24, 2.45) is 0 Å². The van der Waals surface area contributed by atoms with Gasteiger partial charge in [-0.2, -0.15) is 0 Å². The van der Waals surface area contributed by atoms with E-state index >= 15 is 0 Å². The van der Waals surface area contributed by atoms with Crippen LogP contribution in [0.4, 0.5) is 15.8 Å². The van der Waals surface area contributed by atoms with Crippen molar-refractivity contribution >= 4 is 33.2 Å². The SMILES string of the molecule is CN(C)c1cccc(NC(=O)c2ccc(Br)c(F)c2)c1. The van der Waals surface area contributed by atoms with Crippen LogP contribution in [-0.4, -0.2) is 20.0 Å². The average Bonchev–Trinajstić information content (AvgIpc) is 2.42. The second kappa shape index (κ2) is 6.05. The highest BCUT2D eigenvalue weighted by molar-refractivity contribution is 9.10. The molecule has 20 heavy (non-hydrogen) atoms. The molecule has 0 aliphatic heterocycles. The Balaban J connectivity index is 2.19. The molecular formula is C15H14BrFN2O. The average molecular weight is 337 g/mol. The molecule has 0 radical (unpaired) electrons. The minimum atomic E-state index is -0.459. The summed E-state index contributed by atoms with van der Waals surface area (Å²) in [6, 6.07) is 11.7. The molecule has 2 rings (SSSR count). The van der Waals surface area contributed by atoms with E-state index in [0.717, 1.165) is 5.69 Å². The maximum absolute atomic E-state index is 13.4. The van der Waals surface area contributed by atoms with E-state index in [0.29, 0.717) is 10.2 Å². The molecule has 3 nitrogen and oxygen atoms in total. The molecule has 0 saturated carbocycles. The Labute approximate surface area is 125 Å². The lowest BCUT2D eigenvalue weighted by molar-refractivity contribution is 0.102. The summed E-state index contributed by atoms with van der Waals surface area (Å²) in [6.07, 6.45) is 0. The number of carbonyl (C=O) groups is 1. The zero-order valence-corrected chi connectivity index (χ0v) is 12.7. The zero-order chi connectivity index (χ0) is 14.7. The van der Waals surface area contributed by atoms with E-state index in [1.54, 1.807) is 12.1 Å². The summed E-state index contributed by atoms with van der Waals surface area (Å²) in [4.78, 5) is 14.0. The number of amides is 1. The number of hydrogen-bond acceptors (Lipinski definition) is 2. The molecule has 104 valence electrons. The Morgan fingerprint density at radius 2 is 1.95 bits per heavy atom. The Hall–Kier alpha value is -1.88. The quantitative estimate of drug-likeness (QED) is 0.921. The van der Waals surface area contributed by atoms with Gasteiger partial charge in [0.1, 0.15) is 5.82 Å². The summed E-state index contributed by atoms with van der Waals surface area (Å²) in [7, 11) is 3.84. The Morgan fingerprint density at radius 1 is 1.20 bits per heavy atom. The van der Waals surface area contributed by atoms with E-state index < -0.39 is 5.82 Å². The summed E-state index contributed by atoms with van der Waals surface area (Å²) in [5, 5.41) is 2.75. The Kier molecular flexibility index (Phi) is 4.39. The molecule has 1 N–H and O–H groups in total. The first kappa shape index (κ1) is 14.5. The molecule has 5 heteroatoms. The van der Waals surface area contributed by atoms with Gasteiger partial charge in [0, 0.05) is 31.0 Å². The predicted octanol–water partition coefficient (Wildman–Crippen LogP) is 3.91. The van der Waals surface area contributed by atoms with Gasteiger partial charge in [0.05, 0.1) is 4.47 Å². The molecule has 0 heterocycles. The number of nitrogens with one attached hydrogen (secondary N) is 1. The first-order chi connectivity index (χ1) is 9.47. The summed E-state index contributed by atoms with van der Waals surface area (Å²) in [6.45, 7) is 0. The third-order valence-corrected chi connectivity index (χ3v) is 3.45. The highest BCUT2D eigenvalue weighted by Gasteiger charge is 2.09. The number of rotatable bonds is 3. The van der Waals surface area contributed by atoms with Crippen LogP contribution in [0.5, 0.6) is 0 Å². The van der Waals surface area contributed by atoms with Crippen LogP contribution >= 0.6 is 15.9 Å². The second-order valence-corrected chi connectivity index (χ2v) is 5.38. The van der Waals surface area contributed by atoms with Crippen LogP contribution in [-0.2, 0) is 0 Å². The van der Waals surface area contributed by atoms with Crippen LogP contribution in [0.3, 0.4) is 0 Å². The highest BCUT2D eigenvalue weighted by atomic mass is 79.9. The van der Waals surface area contributed by atoms with Crippen LogP contribution in [0, 0.1) is 5.82 Å². The Bertz CT molecular complexity index is 644. The largest absolute Gasteiger partial charge is 0.378 e. The first-order valence-corrected chi connectivity index (χ1v) is 6.80. The van der Waals surface area contributed by atoms with Crippen LogP contribution in [0.15, 0.2) is 46.9 Å². The van der Waals surface area contributed by atoms with Crippen molar-refractivity contribution in [1.29, 1.82) is 0 Å². The van der Waals surface area contributed by atoms with Gasteiger partial charge in [0.15, 0.2) is 0 Å². The van der Waals surface area contributed by atoms with Gasteiger partial charge in [-0.15, -0.1) is 0 Å². The molecule has 0 aromatic heterocycles. The molecule has 0 atom stereocenters. The molecule has 0 aliphatic carbocycles. The normalized spacial score (nSPS) is 10.2. The zero-order valence-electron chi connectivity index (χ0n) is 11.2. The van der Waals surface area contributed by atoms with Gasteiger partial charge < -0.3 is 10.2 Å². The lowest BCUT2D eigenvalue weighted by Gasteiger charge is -2.14. The Morgan fingerprint density at radius 3 is 2.60 bits per heavy atom. The molecule has 2 aromatic carbocycles. The van der Waals surface area contributed by atoms with Gasteiger partial charge in [0.25, 0.3) is 5.91 Å². The van der Waals surface area contributed by atoms with Crippen molar-refractivity contribution in [3.05, 3.63) is 58.3 Å². The van der Waals surface area contributed by atoms with Gasteiger partial charge in [-0.1, -0.05) is 6.07 Å². The minimum absolute atomic E-state index is 0.279. The minimum Gasteiger partial charge on any atom is -0.378 e. The molecule has 0 spiro atoms. The van der Waals surface area contributed by atoms with Crippen molar-refractivity contribution in [3.63, 3.8) is 0 Å². The second-order valence-electron chi connectivity index (χ2n) is 4.53. The number of benzene rings is 2. The molecule has 0 bridgehead atoms. The maximum atomic E-state index is 13.4. The van der Waals surface area contributed by atoms with E-state index in [2.05, 4.69) is 21.2 Å². The summed E-state index contributed by atoms with van der Waals surface area (Å²) >= 11 is 3.06. The van der Waals surface area contributed by atoms with Gasteiger partial charge in [-0.25, -0.2) is 4.39 Å². The maximum Gasteiger partial charge on any atom is 0.255 e. The third-order valence-electron chi connectivity index (χ3n) is 2.80. The summed E-state index contributed by atoms with van der Waals surface area (Å²) in [5.41, 5.74) is 1.93. The molecule has 2 aromatic rings. The molecule has 0 saturated heterocycles. The van der Waals surface area contributed by atoms with Crippen molar-refractivity contribution in [3.8, 4) is 0 Å². The molecule has 0 aliphatic rings. The first-order valence-electron chi connectivity index (χ1n) is 6.01. The number of carbonyl (C=O) groups excluding carboxylic acids is 1. The smallest absolute Gasteiger partial charge is 0.255 e.